The predicted molar refractivity (Wildman–Crippen MR) is 110 cm³/mol. The molecule has 0 N–H and O–H groups in total. The molecule has 0 unspecified atom stereocenters. The molecule has 0 heterocycles. The SMILES string of the molecule is O=C(Oc1ccc(C(F)(F)F)cc1)c1ccc(S(=O)(=O)CCC(F)(F)C(F)(F)C(F)(F)C(F)(F)C(F)(F)C(F)(F)F)cc1. The molecule has 43 heavy (non-hydrogen) atoms. The molecule has 0 aromatic heterocycles. The Morgan fingerprint density at radius 2 is 1.05 bits per heavy atom. The second-order valence-electron chi connectivity index (χ2n) is 8.50. The zero-order chi connectivity index (χ0) is 33.7. The molecule has 0 bridgehead atoms. The lowest BCUT2D eigenvalue weighted by molar-refractivity contribution is -0.439. The fourth-order valence-electron chi connectivity index (χ4n) is 3.02. The number of ether oxygens (including phenoxy) is 1. The topological polar surface area (TPSA) is 60.4 Å². The van der Waals surface area contributed by atoms with Gasteiger partial charge in [0.15, 0.2) is 9.84 Å². The van der Waals surface area contributed by atoms with Gasteiger partial charge >= 0.3 is 47.9 Å². The van der Waals surface area contributed by atoms with Gasteiger partial charge in [-0.3, -0.25) is 0 Å². The molecule has 0 aliphatic heterocycles. The highest BCUT2D eigenvalue weighted by Gasteiger charge is 2.90. The van der Waals surface area contributed by atoms with Crippen molar-refractivity contribution in [2.24, 2.45) is 0 Å². The van der Waals surface area contributed by atoms with Gasteiger partial charge in [0.2, 0.25) is 0 Å². The summed E-state index contributed by atoms with van der Waals surface area (Å²) in [5.41, 5.74) is -1.63. The van der Waals surface area contributed by atoms with E-state index in [1.54, 1.807) is 0 Å². The smallest absolute Gasteiger partial charge is 0.423 e. The van der Waals surface area contributed by atoms with Crippen LogP contribution < -0.4 is 4.74 Å². The number of sulfone groups is 1. The number of halogens is 16. The summed E-state index contributed by atoms with van der Waals surface area (Å²) >= 11 is 0. The van der Waals surface area contributed by atoms with Crippen molar-refractivity contribution in [2.75, 3.05) is 5.75 Å². The van der Waals surface area contributed by atoms with E-state index < -0.39 is 91.7 Å². The molecule has 0 fully saturated rings. The number of benzene rings is 2. The van der Waals surface area contributed by atoms with Crippen LogP contribution in [0.2, 0.25) is 0 Å². The van der Waals surface area contributed by atoms with Crippen LogP contribution in [0.4, 0.5) is 70.2 Å². The monoisotopic (exact) mass is 676 g/mol. The Labute approximate surface area is 229 Å². The van der Waals surface area contributed by atoms with E-state index in [1.165, 1.54) is 0 Å². The van der Waals surface area contributed by atoms with Crippen molar-refractivity contribution in [3.05, 3.63) is 59.7 Å². The molecule has 0 saturated carbocycles. The minimum atomic E-state index is -8.13. The number of carbonyl (C=O) groups excluding carboxylic acids is 1. The van der Waals surface area contributed by atoms with E-state index in [-0.39, 0.29) is 0 Å². The number of hydrogen-bond acceptors (Lipinski definition) is 4. The summed E-state index contributed by atoms with van der Waals surface area (Å²) in [5.74, 6) is -42.4. The fraction of sp³-hybridized carbons (Fsp3) is 0.409. The van der Waals surface area contributed by atoms with Crippen LogP contribution in [0.1, 0.15) is 22.3 Å². The van der Waals surface area contributed by atoms with Crippen LogP contribution in [-0.2, 0) is 16.0 Å². The summed E-state index contributed by atoms with van der Waals surface area (Å²) < 4.78 is 238. The minimum absolute atomic E-state index is 0.423. The van der Waals surface area contributed by atoms with E-state index in [0.717, 1.165) is 12.1 Å². The number of hydrogen-bond donors (Lipinski definition) is 0. The molecule has 0 spiro atoms. The van der Waals surface area contributed by atoms with Gasteiger partial charge in [0.05, 0.1) is 21.8 Å². The predicted octanol–water partition coefficient (Wildman–Crippen LogP) is 7.83. The Morgan fingerprint density at radius 3 is 1.47 bits per heavy atom. The molecule has 0 aliphatic carbocycles. The molecule has 21 heteroatoms. The first kappa shape index (κ1) is 35.9. The average molecular weight is 676 g/mol. The molecule has 0 radical (unpaired) electrons. The van der Waals surface area contributed by atoms with Gasteiger partial charge in [0.25, 0.3) is 0 Å². The van der Waals surface area contributed by atoms with Crippen LogP contribution in [0.25, 0.3) is 0 Å². The quantitative estimate of drug-likeness (QED) is 0.146. The van der Waals surface area contributed by atoms with Crippen molar-refractivity contribution in [2.45, 2.75) is 53.3 Å². The van der Waals surface area contributed by atoms with E-state index in [9.17, 15) is 83.5 Å². The zero-order valence-corrected chi connectivity index (χ0v) is 20.9. The first-order chi connectivity index (χ1) is 19.0. The van der Waals surface area contributed by atoms with Crippen LogP contribution in [0, 0.1) is 0 Å². The number of alkyl halides is 16. The number of esters is 1. The summed E-state index contributed by atoms with van der Waals surface area (Å²) in [6.45, 7) is 0. The van der Waals surface area contributed by atoms with Gasteiger partial charge in [0, 0.05) is 6.42 Å². The highest BCUT2D eigenvalue weighted by atomic mass is 32.2. The van der Waals surface area contributed by atoms with Crippen LogP contribution >= 0.6 is 0 Å². The van der Waals surface area contributed by atoms with E-state index in [0.29, 0.717) is 36.4 Å². The van der Waals surface area contributed by atoms with Crippen molar-refractivity contribution in [1.29, 1.82) is 0 Å². The molecule has 0 saturated heterocycles. The lowest BCUT2D eigenvalue weighted by atomic mass is 9.93. The van der Waals surface area contributed by atoms with Gasteiger partial charge in [-0.2, -0.15) is 70.2 Å². The third-order valence-electron chi connectivity index (χ3n) is 5.52. The number of carbonyl (C=O) groups is 1. The van der Waals surface area contributed by atoms with Gasteiger partial charge in [-0.05, 0) is 48.5 Å². The van der Waals surface area contributed by atoms with Gasteiger partial charge in [-0.25, -0.2) is 13.2 Å². The summed E-state index contributed by atoms with van der Waals surface area (Å²) in [6, 6.07) is 4.66. The average Bonchev–Trinajstić information content (AvgIpc) is 2.86. The lowest BCUT2D eigenvalue weighted by Gasteiger charge is -2.39. The van der Waals surface area contributed by atoms with Gasteiger partial charge in [-0.15, -0.1) is 0 Å². The van der Waals surface area contributed by atoms with Crippen LogP contribution in [0.5, 0.6) is 5.75 Å². The van der Waals surface area contributed by atoms with Crippen molar-refractivity contribution >= 4 is 15.8 Å². The summed E-state index contributed by atoms with van der Waals surface area (Å²) in [6.07, 6.45) is -15.3. The summed E-state index contributed by atoms with van der Waals surface area (Å²) in [5, 5.41) is 0. The Kier molecular flexibility index (Phi) is 9.21. The molecule has 0 amide bonds. The highest BCUT2D eigenvalue weighted by Crippen LogP contribution is 2.60. The third-order valence-corrected chi connectivity index (χ3v) is 7.26. The molecular formula is C22H12F16O4S. The Bertz CT molecular complexity index is 1410. The van der Waals surface area contributed by atoms with E-state index in [1.807, 2.05) is 0 Å². The number of rotatable bonds is 10. The first-order valence-electron chi connectivity index (χ1n) is 10.7. The van der Waals surface area contributed by atoms with Gasteiger partial charge in [0.1, 0.15) is 5.75 Å². The maximum atomic E-state index is 13.9. The maximum absolute atomic E-state index is 13.9. The maximum Gasteiger partial charge on any atom is 0.460 e. The van der Waals surface area contributed by atoms with Crippen LogP contribution in [0.15, 0.2) is 53.4 Å². The van der Waals surface area contributed by atoms with Crippen LogP contribution in [0.3, 0.4) is 0 Å². The summed E-state index contributed by atoms with van der Waals surface area (Å²) in [4.78, 5) is 11.0. The normalized spacial score (nSPS) is 14.5. The standard InChI is InChI=1S/C22H12F16O4S/c23-16(24,18(28,29)19(30,31)20(32,33)21(34,35)22(36,37)38)9-10-43(40,41)14-7-1-11(2-8-14)15(39)42-13-5-3-12(4-6-13)17(25,26)27/h1-8H,9-10H2. The minimum Gasteiger partial charge on any atom is -0.423 e. The second kappa shape index (κ2) is 11.0. The largest absolute Gasteiger partial charge is 0.460 e. The molecule has 2 aromatic rings. The fourth-order valence-corrected chi connectivity index (χ4v) is 4.33. The molecule has 2 rings (SSSR count). The van der Waals surface area contributed by atoms with E-state index >= 15 is 0 Å². The molecule has 0 aliphatic rings. The van der Waals surface area contributed by atoms with Crippen molar-refractivity contribution in [1.82, 2.24) is 0 Å². The van der Waals surface area contributed by atoms with Crippen molar-refractivity contribution < 1.29 is 88.2 Å². The van der Waals surface area contributed by atoms with Gasteiger partial charge in [-0.1, -0.05) is 0 Å². The lowest BCUT2D eigenvalue weighted by Crippen LogP contribution is -2.70. The zero-order valence-electron chi connectivity index (χ0n) is 20.1. The molecule has 242 valence electrons. The Hall–Kier alpha value is -3.26. The van der Waals surface area contributed by atoms with Crippen LogP contribution in [-0.4, -0.2) is 55.9 Å². The van der Waals surface area contributed by atoms with Gasteiger partial charge < -0.3 is 4.74 Å². The van der Waals surface area contributed by atoms with E-state index in [2.05, 4.69) is 0 Å². The molecule has 2 aromatic carbocycles. The first-order valence-corrected chi connectivity index (χ1v) is 12.4. The highest BCUT2D eigenvalue weighted by molar-refractivity contribution is 7.91. The second-order valence-corrected chi connectivity index (χ2v) is 10.6. The van der Waals surface area contributed by atoms with Crippen molar-refractivity contribution in [3.8, 4) is 5.75 Å². The Morgan fingerprint density at radius 1 is 0.605 bits per heavy atom. The van der Waals surface area contributed by atoms with Crippen molar-refractivity contribution in [3.63, 3.8) is 0 Å². The van der Waals surface area contributed by atoms with E-state index in [4.69, 9.17) is 4.74 Å². The Balaban J connectivity index is 2.21. The molecule has 0 atom stereocenters. The molecular weight excluding hydrogens is 664 g/mol. The molecule has 4 nitrogen and oxygen atoms in total. The summed E-state index contributed by atoms with van der Waals surface area (Å²) in [7, 11) is -5.24. The third kappa shape index (κ3) is 6.64.